The third kappa shape index (κ3) is 2.30. The number of nitrogens with zero attached hydrogens (tertiary/aromatic N) is 3. The van der Waals surface area contributed by atoms with Gasteiger partial charge in [-0.1, -0.05) is 23.5 Å². The molecule has 2 rings (SSSR count). The summed E-state index contributed by atoms with van der Waals surface area (Å²) < 4.78 is 13.5. The van der Waals surface area contributed by atoms with E-state index in [9.17, 15) is 9.18 Å². The van der Waals surface area contributed by atoms with Gasteiger partial charge in [0.1, 0.15) is 5.82 Å². The standard InChI is InChI=1S/C11H11FN4OS/c1-13-11-15-14-9(18-11)10(17)16(2)8-6-4-3-5-7(8)12/h3-6H,1-2H3,(H,13,15). The molecule has 0 saturated heterocycles. The lowest BCUT2D eigenvalue weighted by molar-refractivity contribution is 0.0991. The van der Waals surface area contributed by atoms with E-state index in [1.54, 1.807) is 19.2 Å². The van der Waals surface area contributed by atoms with Crippen LogP contribution >= 0.6 is 11.3 Å². The molecule has 0 aliphatic rings. The summed E-state index contributed by atoms with van der Waals surface area (Å²) in [5.41, 5.74) is 0.212. The van der Waals surface area contributed by atoms with Crippen LogP contribution in [0.1, 0.15) is 9.80 Å². The summed E-state index contributed by atoms with van der Waals surface area (Å²) in [4.78, 5) is 13.3. The van der Waals surface area contributed by atoms with Crippen LogP contribution in [0.5, 0.6) is 0 Å². The highest BCUT2D eigenvalue weighted by Crippen LogP contribution is 2.21. The van der Waals surface area contributed by atoms with Gasteiger partial charge in [-0.05, 0) is 12.1 Å². The summed E-state index contributed by atoms with van der Waals surface area (Å²) in [7, 11) is 3.19. The zero-order chi connectivity index (χ0) is 13.1. The van der Waals surface area contributed by atoms with Crippen LogP contribution in [0.3, 0.4) is 0 Å². The Morgan fingerprint density at radius 3 is 2.72 bits per heavy atom. The number of rotatable bonds is 3. The van der Waals surface area contributed by atoms with E-state index >= 15 is 0 Å². The van der Waals surface area contributed by atoms with E-state index in [4.69, 9.17) is 0 Å². The number of aromatic nitrogens is 2. The van der Waals surface area contributed by atoms with Crippen molar-refractivity contribution in [2.45, 2.75) is 0 Å². The van der Waals surface area contributed by atoms with E-state index in [2.05, 4.69) is 15.5 Å². The number of amides is 1. The van der Waals surface area contributed by atoms with Crippen LogP contribution in [0.2, 0.25) is 0 Å². The van der Waals surface area contributed by atoms with Gasteiger partial charge in [0.25, 0.3) is 5.91 Å². The van der Waals surface area contributed by atoms with Crippen LogP contribution in [-0.2, 0) is 0 Å². The fourth-order valence-corrected chi connectivity index (χ4v) is 2.06. The minimum absolute atomic E-state index is 0.212. The van der Waals surface area contributed by atoms with Crippen molar-refractivity contribution in [3.05, 3.63) is 35.1 Å². The van der Waals surface area contributed by atoms with Gasteiger partial charge in [0.15, 0.2) is 0 Å². The zero-order valence-corrected chi connectivity index (χ0v) is 10.7. The lowest BCUT2D eigenvalue weighted by Crippen LogP contribution is -2.26. The Bertz CT molecular complexity index is 572. The topological polar surface area (TPSA) is 58.1 Å². The number of hydrogen-bond acceptors (Lipinski definition) is 5. The molecule has 0 unspecified atom stereocenters. The Morgan fingerprint density at radius 2 is 2.11 bits per heavy atom. The van der Waals surface area contributed by atoms with Gasteiger partial charge in [0.2, 0.25) is 10.1 Å². The van der Waals surface area contributed by atoms with Gasteiger partial charge in [0.05, 0.1) is 5.69 Å². The van der Waals surface area contributed by atoms with Crippen molar-refractivity contribution in [3.8, 4) is 0 Å². The SMILES string of the molecule is CNc1nnc(C(=O)N(C)c2ccccc2F)s1. The van der Waals surface area contributed by atoms with Crippen LogP contribution in [-0.4, -0.2) is 30.2 Å². The Kier molecular flexibility index (Phi) is 3.52. The van der Waals surface area contributed by atoms with Gasteiger partial charge in [-0.25, -0.2) is 4.39 Å². The minimum atomic E-state index is -0.452. The van der Waals surface area contributed by atoms with E-state index < -0.39 is 5.82 Å². The third-order valence-corrected chi connectivity index (χ3v) is 3.27. The van der Waals surface area contributed by atoms with Crippen molar-refractivity contribution in [1.82, 2.24) is 10.2 Å². The molecule has 0 aliphatic carbocycles. The minimum Gasteiger partial charge on any atom is -0.363 e. The molecule has 7 heteroatoms. The molecule has 0 saturated carbocycles. The number of carbonyl (C=O) groups is 1. The molecular formula is C11H11FN4OS. The maximum atomic E-state index is 13.5. The van der Waals surface area contributed by atoms with Crippen molar-refractivity contribution in [2.24, 2.45) is 0 Å². The lowest BCUT2D eigenvalue weighted by Gasteiger charge is -2.15. The van der Waals surface area contributed by atoms with Gasteiger partial charge >= 0.3 is 0 Å². The largest absolute Gasteiger partial charge is 0.363 e. The summed E-state index contributed by atoms with van der Waals surface area (Å²) in [6.07, 6.45) is 0. The molecule has 2 aromatic rings. The number of carbonyl (C=O) groups excluding carboxylic acids is 1. The second-order valence-electron chi connectivity index (χ2n) is 3.48. The monoisotopic (exact) mass is 266 g/mol. The normalized spacial score (nSPS) is 10.2. The number of benzene rings is 1. The molecule has 1 N–H and O–H groups in total. The van der Waals surface area contributed by atoms with E-state index in [1.807, 2.05) is 0 Å². The van der Waals surface area contributed by atoms with Crippen LogP contribution in [0, 0.1) is 5.82 Å². The van der Waals surface area contributed by atoms with E-state index in [1.165, 1.54) is 24.1 Å². The number of halogens is 1. The fraction of sp³-hybridized carbons (Fsp3) is 0.182. The molecule has 0 radical (unpaired) electrons. The highest BCUT2D eigenvalue weighted by molar-refractivity contribution is 7.17. The van der Waals surface area contributed by atoms with Crippen LogP contribution in [0.25, 0.3) is 0 Å². The Morgan fingerprint density at radius 1 is 1.39 bits per heavy atom. The number of nitrogens with one attached hydrogen (secondary N) is 1. The van der Waals surface area contributed by atoms with Crippen molar-refractivity contribution < 1.29 is 9.18 Å². The molecule has 18 heavy (non-hydrogen) atoms. The van der Waals surface area contributed by atoms with Gasteiger partial charge in [-0.3, -0.25) is 4.79 Å². The van der Waals surface area contributed by atoms with Crippen molar-refractivity contribution in [1.29, 1.82) is 0 Å². The highest BCUT2D eigenvalue weighted by Gasteiger charge is 2.20. The summed E-state index contributed by atoms with van der Waals surface area (Å²) in [6, 6.07) is 6.08. The van der Waals surface area contributed by atoms with Crippen molar-refractivity contribution >= 4 is 28.1 Å². The average molecular weight is 266 g/mol. The third-order valence-electron chi connectivity index (χ3n) is 2.34. The maximum Gasteiger partial charge on any atom is 0.289 e. The van der Waals surface area contributed by atoms with Crippen LogP contribution < -0.4 is 10.2 Å². The molecular weight excluding hydrogens is 255 g/mol. The summed E-state index contributed by atoms with van der Waals surface area (Å²) in [5, 5.41) is 11.1. The summed E-state index contributed by atoms with van der Waals surface area (Å²) >= 11 is 1.12. The quantitative estimate of drug-likeness (QED) is 0.923. The number of hydrogen-bond donors (Lipinski definition) is 1. The molecule has 5 nitrogen and oxygen atoms in total. The zero-order valence-electron chi connectivity index (χ0n) is 9.85. The summed E-state index contributed by atoms with van der Waals surface area (Å²) in [6.45, 7) is 0. The maximum absolute atomic E-state index is 13.5. The predicted molar refractivity (Wildman–Crippen MR) is 68.6 cm³/mol. The molecule has 0 spiro atoms. The Labute approximate surface area is 107 Å². The van der Waals surface area contributed by atoms with Crippen molar-refractivity contribution in [2.75, 3.05) is 24.3 Å². The molecule has 0 atom stereocenters. The smallest absolute Gasteiger partial charge is 0.289 e. The molecule has 0 bridgehead atoms. The lowest BCUT2D eigenvalue weighted by atomic mass is 10.3. The predicted octanol–water partition coefficient (Wildman–Crippen LogP) is 2.00. The summed E-state index contributed by atoms with van der Waals surface area (Å²) in [5.74, 6) is -0.842. The van der Waals surface area contributed by atoms with E-state index in [-0.39, 0.29) is 16.6 Å². The Balaban J connectivity index is 2.26. The first-order valence-electron chi connectivity index (χ1n) is 5.17. The van der Waals surface area contributed by atoms with Crippen LogP contribution in [0.15, 0.2) is 24.3 Å². The number of para-hydroxylation sites is 1. The van der Waals surface area contributed by atoms with Gasteiger partial charge in [-0.2, -0.15) is 0 Å². The van der Waals surface area contributed by atoms with Gasteiger partial charge in [-0.15, -0.1) is 10.2 Å². The molecule has 94 valence electrons. The molecule has 1 heterocycles. The molecule has 1 aromatic carbocycles. The van der Waals surface area contributed by atoms with Crippen LogP contribution in [0.4, 0.5) is 15.2 Å². The fourth-order valence-electron chi connectivity index (χ4n) is 1.39. The second kappa shape index (κ2) is 5.09. The van der Waals surface area contributed by atoms with Crippen molar-refractivity contribution in [3.63, 3.8) is 0 Å². The highest BCUT2D eigenvalue weighted by atomic mass is 32.1. The van der Waals surface area contributed by atoms with Gasteiger partial charge < -0.3 is 10.2 Å². The van der Waals surface area contributed by atoms with Gasteiger partial charge in [0, 0.05) is 14.1 Å². The molecule has 1 aromatic heterocycles. The number of anilines is 2. The first-order chi connectivity index (χ1) is 8.63. The first-order valence-corrected chi connectivity index (χ1v) is 5.99. The molecule has 0 aliphatic heterocycles. The van der Waals surface area contributed by atoms with E-state index in [0.717, 1.165) is 11.3 Å². The average Bonchev–Trinajstić information content (AvgIpc) is 2.86. The Hall–Kier alpha value is -2.02. The molecule has 0 fully saturated rings. The van der Waals surface area contributed by atoms with E-state index in [0.29, 0.717) is 5.13 Å². The first kappa shape index (κ1) is 12.4. The second-order valence-corrected chi connectivity index (χ2v) is 4.46. The molecule has 1 amide bonds.